The monoisotopic (exact) mass is 1350 g/mol. The Morgan fingerprint density at radius 1 is 0.210 bits per heavy atom. The Morgan fingerprint density at radius 2 is 0.524 bits per heavy atom. The fourth-order valence-corrected chi connectivity index (χ4v) is 15.5. The third-order valence-corrected chi connectivity index (χ3v) is 21.1. The van der Waals surface area contributed by atoms with Crippen LogP contribution in [0.25, 0.3) is 121 Å². The van der Waals surface area contributed by atoms with Crippen LogP contribution < -0.4 is 9.80 Å². The minimum absolute atomic E-state index is 0.909. The van der Waals surface area contributed by atoms with Crippen molar-refractivity contribution in [1.82, 2.24) is 0 Å². The van der Waals surface area contributed by atoms with Crippen molar-refractivity contribution in [3.8, 4) is 33.4 Å². The van der Waals surface area contributed by atoms with E-state index in [2.05, 4.69) is 341 Å². The number of hydrogen-bond donors (Lipinski definition) is 0. The Kier molecular flexibility index (Phi) is 16.8. The van der Waals surface area contributed by atoms with E-state index in [1.165, 1.54) is 88.3 Å². The van der Waals surface area contributed by atoms with Crippen LogP contribution >= 0.6 is 0 Å². The zero-order valence-corrected chi connectivity index (χ0v) is 59.3. The van der Waals surface area contributed by atoms with Gasteiger partial charge in [0.05, 0.1) is 0 Å². The molecule has 0 atom stereocenters. The van der Waals surface area contributed by atoms with Gasteiger partial charge in [0, 0.05) is 66.4 Å². The van der Waals surface area contributed by atoms with Crippen molar-refractivity contribution in [2.75, 3.05) is 9.80 Å². The summed E-state index contributed by atoms with van der Waals surface area (Å²) in [5.74, 6) is 0. The average molecular weight is 1350 g/mol. The number of nitrogens with zero attached hydrogens (tertiary/aromatic N) is 2. The number of furan rings is 3. The third kappa shape index (κ3) is 12.6. The van der Waals surface area contributed by atoms with Gasteiger partial charge in [-0.05, 0) is 258 Å². The molecule has 0 fully saturated rings. The molecule has 16 aromatic carbocycles. The summed E-state index contributed by atoms with van der Waals surface area (Å²) < 4.78 is 18.5. The number of fused-ring (bicyclic) bond motifs is 11. The topological polar surface area (TPSA) is 45.9 Å². The molecule has 0 aliphatic carbocycles. The van der Waals surface area contributed by atoms with Gasteiger partial charge in [-0.2, -0.15) is 0 Å². The zero-order valence-electron chi connectivity index (χ0n) is 59.3. The van der Waals surface area contributed by atoms with Crippen LogP contribution in [0.4, 0.5) is 34.1 Å². The molecular weight excluding hydrogens is 1280 g/mol. The van der Waals surface area contributed by atoms with Crippen LogP contribution in [0.1, 0.15) is 44.5 Å². The number of para-hydroxylation sites is 4. The SMILES string of the molecule is Cc1ccc(CCc2c(-c3ccc4oc5ccccc5c4c3)ccc3cc(N(c4ccc(C)cc4)c4ccc(-c5ccc6oc7ccccc7c6c5)cc4)ccc23)cc1.Cc1ccc(CCc2c(-c3ccc4oc5ccccc5c4c3)ccc3cc(N(c4ccccc4)c4ccc(C)cc4)ccc23)cc1. The van der Waals surface area contributed by atoms with Crippen molar-refractivity contribution in [3.05, 3.63) is 384 Å². The predicted octanol–water partition coefficient (Wildman–Crippen LogP) is 28.1. The lowest BCUT2D eigenvalue weighted by Crippen LogP contribution is -2.10. The number of aryl methyl sites for hydroxylation is 8. The van der Waals surface area contributed by atoms with E-state index >= 15 is 0 Å². The van der Waals surface area contributed by atoms with Crippen molar-refractivity contribution in [1.29, 1.82) is 0 Å². The second-order valence-electron chi connectivity index (χ2n) is 28.1. The first-order chi connectivity index (χ1) is 51.6. The van der Waals surface area contributed by atoms with Gasteiger partial charge >= 0.3 is 0 Å². The summed E-state index contributed by atoms with van der Waals surface area (Å²) in [5, 5.41) is 11.9. The van der Waals surface area contributed by atoms with Crippen molar-refractivity contribution in [2.24, 2.45) is 0 Å². The molecule has 0 bridgehead atoms. The summed E-state index contributed by atoms with van der Waals surface area (Å²) in [6, 6.07) is 123. The standard InChI is InChI=1S/C56H41NO2.C44H35NO/c1-36-11-15-38(16-12-36)17-28-48-46(42-22-32-56-52(35-42)50-8-4-6-10-54(50)59-56)29-20-41-33-45(27-30-47(41)48)57(43-23-13-37(2)14-24-43)44-25-18-39(19-26-44)40-21-31-55-51(34-40)49-7-3-5-9-53(49)58-55;1-30-12-16-32(17-13-30)18-24-40-38(34-20-27-44-42(29-34)41-10-6-7-11-43(41)46-44)25-19-33-28-37(23-26-39(33)40)45(35-8-4-3-5-9-35)36-21-14-31(2)15-22-36/h3-16,18-27,29-35H,17,28H2,1-2H3;3-17,19-23,25-29H,18,24H2,1-2H3. The zero-order chi connectivity index (χ0) is 70.5. The van der Waals surface area contributed by atoms with Crippen molar-refractivity contribution >= 4 is 121 Å². The van der Waals surface area contributed by atoms with Crippen molar-refractivity contribution in [2.45, 2.75) is 53.4 Å². The van der Waals surface area contributed by atoms with Crippen LogP contribution in [0.3, 0.4) is 0 Å². The minimum Gasteiger partial charge on any atom is -0.456 e. The summed E-state index contributed by atoms with van der Waals surface area (Å²) >= 11 is 0. The van der Waals surface area contributed by atoms with Gasteiger partial charge in [0.1, 0.15) is 33.5 Å². The molecule has 0 radical (unpaired) electrons. The molecule has 19 aromatic rings. The normalized spacial score (nSPS) is 11.6. The fourth-order valence-electron chi connectivity index (χ4n) is 15.5. The number of hydrogen-bond acceptors (Lipinski definition) is 5. The molecule has 105 heavy (non-hydrogen) atoms. The van der Waals surface area contributed by atoms with E-state index in [-0.39, 0.29) is 0 Å². The molecule has 0 unspecified atom stereocenters. The molecule has 3 aromatic heterocycles. The molecule has 504 valence electrons. The van der Waals surface area contributed by atoms with Gasteiger partial charge in [-0.15, -0.1) is 0 Å². The van der Waals surface area contributed by atoms with Crippen LogP contribution in [0.15, 0.2) is 353 Å². The molecule has 0 aliphatic heterocycles. The number of rotatable bonds is 15. The van der Waals surface area contributed by atoms with E-state index in [1.807, 2.05) is 36.4 Å². The van der Waals surface area contributed by atoms with Crippen LogP contribution in [0, 0.1) is 27.7 Å². The second kappa shape index (κ2) is 27.4. The molecule has 0 aliphatic rings. The van der Waals surface area contributed by atoms with Gasteiger partial charge in [0.25, 0.3) is 0 Å². The lowest BCUT2D eigenvalue weighted by atomic mass is 9.89. The largest absolute Gasteiger partial charge is 0.456 e. The third-order valence-electron chi connectivity index (χ3n) is 21.1. The maximum absolute atomic E-state index is 6.22. The van der Waals surface area contributed by atoms with Gasteiger partial charge in [-0.3, -0.25) is 0 Å². The Balaban J connectivity index is 0.000000154. The van der Waals surface area contributed by atoms with E-state index in [0.29, 0.717) is 0 Å². The number of benzene rings is 16. The van der Waals surface area contributed by atoms with Gasteiger partial charge < -0.3 is 23.1 Å². The first-order valence-corrected chi connectivity index (χ1v) is 36.5. The molecule has 3 heterocycles. The quantitative estimate of drug-likeness (QED) is 0.102. The van der Waals surface area contributed by atoms with E-state index in [4.69, 9.17) is 13.3 Å². The Morgan fingerprint density at radius 3 is 0.933 bits per heavy atom. The highest BCUT2D eigenvalue weighted by molar-refractivity contribution is 6.09. The highest BCUT2D eigenvalue weighted by Crippen LogP contribution is 2.44. The molecule has 5 heteroatoms. The highest BCUT2D eigenvalue weighted by atomic mass is 16.3. The van der Waals surface area contributed by atoms with Gasteiger partial charge in [0.15, 0.2) is 0 Å². The molecule has 0 N–H and O–H groups in total. The predicted molar refractivity (Wildman–Crippen MR) is 442 cm³/mol. The second-order valence-corrected chi connectivity index (χ2v) is 28.1. The van der Waals surface area contributed by atoms with E-state index < -0.39 is 0 Å². The van der Waals surface area contributed by atoms with E-state index in [1.54, 1.807) is 0 Å². The lowest BCUT2D eigenvalue weighted by molar-refractivity contribution is 0.668. The smallest absolute Gasteiger partial charge is 0.135 e. The Bertz CT molecular complexity index is 6420. The Hall–Kier alpha value is -13.0. The summed E-state index contributed by atoms with van der Waals surface area (Å²) in [6.45, 7) is 8.57. The van der Waals surface area contributed by atoms with Gasteiger partial charge in [-0.25, -0.2) is 0 Å². The van der Waals surface area contributed by atoms with Crippen LogP contribution in [-0.4, -0.2) is 0 Å². The molecule has 0 spiro atoms. The fraction of sp³-hybridized carbons (Fsp3) is 0.0800. The number of anilines is 6. The highest BCUT2D eigenvalue weighted by Gasteiger charge is 2.21. The summed E-state index contributed by atoms with van der Waals surface area (Å²) in [6.07, 6.45) is 3.80. The van der Waals surface area contributed by atoms with Crippen molar-refractivity contribution in [3.63, 3.8) is 0 Å². The molecular formula is C100H76N2O3. The summed E-state index contributed by atoms with van der Waals surface area (Å²) in [5.41, 5.74) is 30.1. The molecule has 0 saturated carbocycles. The van der Waals surface area contributed by atoms with E-state index in [9.17, 15) is 0 Å². The summed E-state index contributed by atoms with van der Waals surface area (Å²) in [4.78, 5) is 4.71. The van der Waals surface area contributed by atoms with Crippen molar-refractivity contribution < 1.29 is 13.3 Å². The lowest BCUT2D eigenvalue weighted by Gasteiger charge is -2.26. The molecule has 5 nitrogen and oxygen atoms in total. The average Bonchev–Trinajstić information content (AvgIpc) is 0.859. The first kappa shape index (κ1) is 64.2. The Labute approximate surface area is 611 Å². The maximum Gasteiger partial charge on any atom is 0.135 e. The molecule has 19 rings (SSSR count). The molecule has 0 saturated heterocycles. The van der Waals surface area contributed by atoms with Gasteiger partial charge in [-0.1, -0.05) is 235 Å². The summed E-state index contributed by atoms with van der Waals surface area (Å²) in [7, 11) is 0. The van der Waals surface area contributed by atoms with Gasteiger partial charge in [0.2, 0.25) is 0 Å². The molecule has 0 amide bonds. The van der Waals surface area contributed by atoms with Crippen LogP contribution in [0.5, 0.6) is 0 Å². The van der Waals surface area contributed by atoms with Crippen LogP contribution in [0.2, 0.25) is 0 Å². The van der Waals surface area contributed by atoms with Crippen LogP contribution in [-0.2, 0) is 25.7 Å². The first-order valence-electron chi connectivity index (χ1n) is 36.5. The van der Waals surface area contributed by atoms with E-state index in [0.717, 1.165) is 137 Å². The minimum atomic E-state index is 0.909. The maximum atomic E-state index is 6.22.